The van der Waals surface area contributed by atoms with Crippen LogP contribution in [0.4, 0.5) is 10.5 Å². The van der Waals surface area contributed by atoms with Crippen LogP contribution in [0.3, 0.4) is 0 Å². The van der Waals surface area contributed by atoms with Crippen LogP contribution in [0.2, 0.25) is 0 Å². The second kappa shape index (κ2) is 8.89. The van der Waals surface area contributed by atoms with Crippen molar-refractivity contribution in [2.75, 3.05) is 44.6 Å². The number of hydrogen-bond acceptors (Lipinski definition) is 4. The fourth-order valence-corrected chi connectivity index (χ4v) is 4.13. The van der Waals surface area contributed by atoms with E-state index in [9.17, 15) is 9.59 Å². The van der Waals surface area contributed by atoms with Crippen LogP contribution >= 0.6 is 0 Å². The molecule has 1 aromatic rings. The molecule has 0 aromatic carbocycles. The maximum Gasteiger partial charge on any atom is 0.322 e. The van der Waals surface area contributed by atoms with Gasteiger partial charge < -0.3 is 19.7 Å². The third-order valence-corrected chi connectivity index (χ3v) is 5.95. The Kier molecular flexibility index (Phi) is 6.55. The van der Waals surface area contributed by atoms with Gasteiger partial charge in [-0.1, -0.05) is 0 Å². The average Bonchev–Trinajstić information content (AvgIpc) is 2.69. The number of nitrogens with one attached hydrogen (secondary N) is 1. The first-order chi connectivity index (χ1) is 13.0. The first-order valence-corrected chi connectivity index (χ1v) is 10.2. The Bertz CT molecular complexity index is 686. The number of carbonyl (C=O) groups excluding carboxylic acids is 1. The van der Waals surface area contributed by atoms with E-state index in [2.05, 4.69) is 29.0 Å². The van der Waals surface area contributed by atoms with Gasteiger partial charge in [0.05, 0.1) is 0 Å². The Morgan fingerprint density at radius 1 is 1.15 bits per heavy atom. The quantitative estimate of drug-likeness (QED) is 0.873. The standard InChI is InChI=1S/C20H33N5O2/c1-4-22-9-5-6-18(19(22)26)21-20(27)25-14-12-24(13-15-25)17-7-10-23(11-8-17)16(2)3/h5-6,9,16-17H,4,7-8,10-15H2,1-3H3,(H,21,27). The summed E-state index contributed by atoms with van der Waals surface area (Å²) in [4.78, 5) is 31.7. The SMILES string of the molecule is CCn1cccc(NC(=O)N2CCN(C3CCN(C(C)C)CC3)CC2)c1=O. The zero-order chi connectivity index (χ0) is 19.4. The van der Waals surface area contributed by atoms with Gasteiger partial charge in [0, 0.05) is 51.0 Å². The van der Waals surface area contributed by atoms with E-state index in [-0.39, 0.29) is 11.6 Å². The number of hydrogen-bond donors (Lipinski definition) is 1. The molecule has 27 heavy (non-hydrogen) atoms. The van der Waals surface area contributed by atoms with Crippen LogP contribution in [-0.2, 0) is 6.54 Å². The molecule has 150 valence electrons. The molecule has 0 atom stereocenters. The second-order valence-corrected chi connectivity index (χ2v) is 7.83. The molecule has 0 saturated carbocycles. The number of likely N-dealkylation sites (tertiary alicyclic amines) is 1. The zero-order valence-corrected chi connectivity index (χ0v) is 16.9. The van der Waals surface area contributed by atoms with Gasteiger partial charge in [-0.2, -0.15) is 0 Å². The highest BCUT2D eigenvalue weighted by molar-refractivity contribution is 5.89. The molecule has 1 N–H and O–H groups in total. The minimum absolute atomic E-state index is 0.149. The number of piperazine rings is 1. The van der Waals surface area contributed by atoms with E-state index in [0.29, 0.717) is 37.4 Å². The maximum atomic E-state index is 12.6. The largest absolute Gasteiger partial charge is 0.322 e. The van der Waals surface area contributed by atoms with Gasteiger partial charge in [-0.25, -0.2) is 4.79 Å². The summed E-state index contributed by atoms with van der Waals surface area (Å²) in [6.07, 6.45) is 4.16. The number of pyridine rings is 1. The summed E-state index contributed by atoms with van der Waals surface area (Å²) >= 11 is 0. The van der Waals surface area contributed by atoms with Crippen molar-refractivity contribution in [3.05, 3.63) is 28.7 Å². The van der Waals surface area contributed by atoms with Crippen molar-refractivity contribution in [1.29, 1.82) is 0 Å². The van der Waals surface area contributed by atoms with Crippen molar-refractivity contribution in [2.24, 2.45) is 0 Å². The molecule has 0 spiro atoms. The summed E-state index contributed by atoms with van der Waals surface area (Å²) < 4.78 is 1.59. The normalized spacial score (nSPS) is 20.2. The molecule has 3 rings (SSSR count). The molecule has 0 bridgehead atoms. The number of nitrogens with zero attached hydrogens (tertiary/aromatic N) is 4. The molecular formula is C20H33N5O2. The molecule has 2 saturated heterocycles. The topological polar surface area (TPSA) is 60.8 Å². The summed E-state index contributed by atoms with van der Waals surface area (Å²) in [6.45, 7) is 12.6. The van der Waals surface area contributed by atoms with Crippen LogP contribution in [0.5, 0.6) is 0 Å². The highest BCUT2D eigenvalue weighted by Gasteiger charge is 2.29. The summed E-state index contributed by atoms with van der Waals surface area (Å²) in [5.41, 5.74) is 0.205. The van der Waals surface area contributed by atoms with Crippen molar-refractivity contribution in [3.63, 3.8) is 0 Å². The third kappa shape index (κ3) is 4.71. The van der Waals surface area contributed by atoms with Crippen LogP contribution < -0.4 is 10.9 Å². The van der Waals surface area contributed by atoms with E-state index >= 15 is 0 Å². The van der Waals surface area contributed by atoms with Crippen molar-refractivity contribution in [3.8, 4) is 0 Å². The molecule has 2 fully saturated rings. The van der Waals surface area contributed by atoms with Crippen molar-refractivity contribution < 1.29 is 4.79 Å². The van der Waals surface area contributed by atoms with Crippen molar-refractivity contribution >= 4 is 11.7 Å². The van der Waals surface area contributed by atoms with Gasteiger partial charge in [0.1, 0.15) is 5.69 Å². The Balaban J connectivity index is 1.49. The molecule has 0 aliphatic carbocycles. The monoisotopic (exact) mass is 375 g/mol. The predicted molar refractivity (Wildman–Crippen MR) is 108 cm³/mol. The molecule has 2 aliphatic heterocycles. The summed E-state index contributed by atoms with van der Waals surface area (Å²) in [6, 6.07) is 4.56. The number of urea groups is 1. The zero-order valence-electron chi connectivity index (χ0n) is 16.9. The number of amides is 2. The van der Waals surface area contributed by atoms with Crippen LogP contribution in [0.25, 0.3) is 0 Å². The van der Waals surface area contributed by atoms with Crippen LogP contribution in [0.1, 0.15) is 33.6 Å². The molecule has 1 aromatic heterocycles. The molecule has 0 unspecified atom stereocenters. The van der Waals surface area contributed by atoms with Crippen molar-refractivity contribution in [1.82, 2.24) is 19.3 Å². The van der Waals surface area contributed by atoms with Crippen LogP contribution in [0, 0.1) is 0 Å². The summed E-state index contributed by atoms with van der Waals surface area (Å²) in [5.74, 6) is 0. The van der Waals surface area contributed by atoms with E-state index in [1.165, 1.54) is 25.9 Å². The van der Waals surface area contributed by atoms with Gasteiger partial charge in [-0.15, -0.1) is 0 Å². The lowest BCUT2D eigenvalue weighted by Crippen LogP contribution is -2.55. The van der Waals surface area contributed by atoms with Crippen molar-refractivity contribution in [2.45, 2.75) is 52.2 Å². The van der Waals surface area contributed by atoms with Crippen LogP contribution in [-0.4, -0.2) is 76.7 Å². The molecule has 0 radical (unpaired) electrons. The fourth-order valence-electron chi connectivity index (χ4n) is 4.13. The van der Waals surface area contributed by atoms with Gasteiger partial charge in [-0.3, -0.25) is 9.69 Å². The minimum atomic E-state index is -0.171. The van der Waals surface area contributed by atoms with Gasteiger partial charge in [0.2, 0.25) is 0 Å². The lowest BCUT2D eigenvalue weighted by atomic mass is 10.0. The van der Waals surface area contributed by atoms with Crippen LogP contribution in [0.15, 0.2) is 23.1 Å². The second-order valence-electron chi connectivity index (χ2n) is 7.83. The molecule has 2 amide bonds. The number of anilines is 1. The summed E-state index contributed by atoms with van der Waals surface area (Å²) in [5, 5.41) is 2.80. The Hall–Kier alpha value is -1.86. The number of aryl methyl sites for hydroxylation is 1. The molecule has 3 heterocycles. The number of piperidine rings is 1. The first kappa shape index (κ1) is 19.9. The lowest BCUT2D eigenvalue weighted by Gasteiger charge is -2.43. The molecular weight excluding hydrogens is 342 g/mol. The molecule has 2 aliphatic rings. The van der Waals surface area contributed by atoms with Gasteiger partial charge in [0.15, 0.2) is 0 Å². The Morgan fingerprint density at radius 2 is 1.81 bits per heavy atom. The van der Waals surface area contributed by atoms with E-state index < -0.39 is 0 Å². The number of aromatic nitrogens is 1. The van der Waals surface area contributed by atoms with Gasteiger partial charge in [-0.05, 0) is 58.8 Å². The summed E-state index contributed by atoms with van der Waals surface area (Å²) in [7, 11) is 0. The van der Waals surface area contributed by atoms with Gasteiger partial charge >= 0.3 is 6.03 Å². The van der Waals surface area contributed by atoms with E-state index in [1.54, 1.807) is 22.9 Å². The highest BCUT2D eigenvalue weighted by atomic mass is 16.2. The van der Waals surface area contributed by atoms with E-state index in [0.717, 1.165) is 13.1 Å². The maximum absolute atomic E-state index is 12.6. The van der Waals surface area contributed by atoms with E-state index in [4.69, 9.17) is 0 Å². The molecule has 7 nitrogen and oxygen atoms in total. The van der Waals surface area contributed by atoms with E-state index in [1.807, 2.05) is 11.8 Å². The average molecular weight is 376 g/mol. The third-order valence-electron chi connectivity index (χ3n) is 5.95. The predicted octanol–water partition coefficient (Wildman–Crippen LogP) is 1.89. The first-order valence-electron chi connectivity index (χ1n) is 10.2. The fraction of sp³-hybridized carbons (Fsp3) is 0.700. The smallest absolute Gasteiger partial charge is 0.322 e. The molecule has 7 heteroatoms. The highest BCUT2D eigenvalue weighted by Crippen LogP contribution is 2.20. The lowest BCUT2D eigenvalue weighted by molar-refractivity contribution is 0.0622. The Morgan fingerprint density at radius 3 is 2.41 bits per heavy atom. The number of carbonyl (C=O) groups is 1. The van der Waals surface area contributed by atoms with Gasteiger partial charge in [0.25, 0.3) is 5.56 Å². The minimum Gasteiger partial charge on any atom is -0.322 e. The Labute approximate surface area is 161 Å². The number of rotatable bonds is 4.